The normalized spacial score (nSPS) is 28.2. The van der Waals surface area contributed by atoms with Crippen molar-refractivity contribution in [1.82, 2.24) is 5.32 Å². The van der Waals surface area contributed by atoms with Crippen LogP contribution in [-0.2, 0) is 0 Å². The Morgan fingerprint density at radius 1 is 1.24 bits per heavy atom. The smallest absolute Gasteiger partial charge is 0.146 e. The highest BCUT2D eigenvalue weighted by Gasteiger charge is 2.40. The molecule has 0 aromatic heterocycles. The first kappa shape index (κ1) is 11.0. The largest absolute Gasteiger partial charge is 0.368 e. The van der Waals surface area contributed by atoms with Crippen molar-refractivity contribution < 1.29 is 8.78 Å². The highest BCUT2D eigenvalue weighted by molar-refractivity contribution is 5.49. The van der Waals surface area contributed by atoms with Crippen LogP contribution in [0.2, 0.25) is 0 Å². The maximum absolute atomic E-state index is 13.7. The van der Waals surface area contributed by atoms with E-state index in [2.05, 4.69) is 5.32 Å². The Morgan fingerprint density at radius 3 is 2.88 bits per heavy atom. The lowest BCUT2D eigenvalue weighted by molar-refractivity contribution is 0.369. The molecule has 0 bridgehead atoms. The number of hydrogen-bond donors (Lipinski definition) is 1. The van der Waals surface area contributed by atoms with E-state index in [0.29, 0.717) is 5.69 Å². The predicted molar refractivity (Wildman–Crippen MR) is 63.1 cm³/mol. The molecule has 1 aromatic carbocycles. The van der Waals surface area contributed by atoms with Gasteiger partial charge in [0.25, 0.3) is 0 Å². The molecular weight excluding hydrogens is 222 g/mol. The average molecular weight is 238 g/mol. The summed E-state index contributed by atoms with van der Waals surface area (Å²) in [6.45, 7) is 3.70. The van der Waals surface area contributed by atoms with Gasteiger partial charge in [0.1, 0.15) is 11.6 Å². The second kappa shape index (κ2) is 3.95. The fraction of sp³-hybridized carbons (Fsp3) is 0.538. The molecule has 92 valence electrons. The third kappa shape index (κ3) is 1.90. The van der Waals surface area contributed by atoms with Gasteiger partial charge in [-0.25, -0.2) is 8.78 Å². The number of nitrogens with zero attached hydrogens (tertiary/aromatic N) is 1. The quantitative estimate of drug-likeness (QED) is 0.806. The van der Waals surface area contributed by atoms with Crippen molar-refractivity contribution in [1.29, 1.82) is 0 Å². The molecule has 0 radical (unpaired) electrons. The first-order valence-electron chi connectivity index (χ1n) is 6.09. The van der Waals surface area contributed by atoms with Gasteiger partial charge < -0.3 is 10.2 Å². The SMILES string of the molecule is Fc1ccc(F)c(N2CCC3(CCNC3)C2)c1. The number of halogens is 2. The van der Waals surface area contributed by atoms with Crippen LogP contribution >= 0.6 is 0 Å². The summed E-state index contributed by atoms with van der Waals surface area (Å²) in [5.41, 5.74) is 0.687. The van der Waals surface area contributed by atoms with Crippen LogP contribution in [-0.4, -0.2) is 26.2 Å². The summed E-state index contributed by atoms with van der Waals surface area (Å²) in [4.78, 5) is 1.98. The zero-order valence-corrected chi connectivity index (χ0v) is 9.68. The lowest BCUT2D eigenvalue weighted by Crippen LogP contribution is -2.29. The van der Waals surface area contributed by atoms with E-state index in [9.17, 15) is 8.78 Å². The lowest BCUT2D eigenvalue weighted by atomic mass is 9.86. The number of rotatable bonds is 1. The van der Waals surface area contributed by atoms with Crippen molar-refractivity contribution in [3.63, 3.8) is 0 Å². The third-order valence-electron chi connectivity index (χ3n) is 4.02. The Bertz CT molecular complexity index is 427. The third-order valence-corrected chi connectivity index (χ3v) is 4.02. The summed E-state index contributed by atoms with van der Waals surface area (Å²) in [7, 11) is 0. The molecule has 1 unspecified atom stereocenters. The van der Waals surface area contributed by atoms with Gasteiger partial charge in [0, 0.05) is 31.1 Å². The molecule has 2 fully saturated rings. The van der Waals surface area contributed by atoms with Crippen LogP contribution < -0.4 is 10.2 Å². The Morgan fingerprint density at radius 2 is 2.12 bits per heavy atom. The molecule has 4 heteroatoms. The molecule has 0 saturated carbocycles. The molecule has 3 rings (SSSR count). The number of nitrogens with one attached hydrogen (secondary N) is 1. The van der Waals surface area contributed by atoms with Crippen LogP contribution in [0.3, 0.4) is 0 Å². The monoisotopic (exact) mass is 238 g/mol. The van der Waals surface area contributed by atoms with Crippen molar-refractivity contribution >= 4 is 5.69 Å². The summed E-state index contributed by atoms with van der Waals surface area (Å²) < 4.78 is 26.8. The summed E-state index contributed by atoms with van der Waals surface area (Å²) in [6.07, 6.45) is 2.20. The van der Waals surface area contributed by atoms with Gasteiger partial charge in [0.15, 0.2) is 0 Å². The Hall–Kier alpha value is -1.16. The minimum absolute atomic E-state index is 0.277. The molecule has 2 aliphatic heterocycles. The Kier molecular flexibility index (Phi) is 2.54. The summed E-state index contributed by atoms with van der Waals surface area (Å²) in [6, 6.07) is 3.68. The van der Waals surface area contributed by atoms with E-state index >= 15 is 0 Å². The van der Waals surface area contributed by atoms with Crippen molar-refractivity contribution in [3.05, 3.63) is 29.8 Å². The fourth-order valence-electron chi connectivity index (χ4n) is 3.01. The van der Waals surface area contributed by atoms with Gasteiger partial charge in [-0.05, 0) is 31.5 Å². The molecule has 1 N–H and O–H groups in total. The molecule has 1 aromatic rings. The average Bonchev–Trinajstić information content (AvgIpc) is 2.94. The molecule has 1 spiro atoms. The molecule has 2 heterocycles. The van der Waals surface area contributed by atoms with Crippen LogP contribution in [0.25, 0.3) is 0 Å². The van der Waals surface area contributed by atoms with Crippen LogP contribution in [0.1, 0.15) is 12.8 Å². The number of anilines is 1. The van der Waals surface area contributed by atoms with Gasteiger partial charge >= 0.3 is 0 Å². The minimum Gasteiger partial charge on any atom is -0.368 e. The maximum Gasteiger partial charge on any atom is 0.146 e. The van der Waals surface area contributed by atoms with Gasteiger partial charge in [0.05, 0.1) is 5.69 Å². The van der Waals surface area contributed by atoms with E-state index < -0.39 is 0 Å². The van der Waals surface area contributed by atoms with E-state index in [1.54, 1.807) is 0 Å². The molecule has 0 amide bonds. The van der Waals surface area contributed by atoms with E-state index in [4.69, 9.17) is 0 Å². The van der Waals surface area contributed by atoms with Gasteiger partial charge in [-0.15, -0.1) is 0 Å². The lowest BCUT2D eigenvalue weighted by Gasteiger charge is -2.24. The fourth-order valence-corrected chi connectivity index (χ4v) is 3.01. The van der Waals surface area contributed by atoms with Crippen LogP contribution in [0, 0.1) is 17.0 Å². The first-order valence-corrected chi connectivity index (χ1v) is 6.09. The van der Waals surface area contributed by atoms with E-state index in [1.807, 2.05) is 4.90 Å². The van der Waals surface area contributed by atoms with Crippen LogP contribution in [0.15, 0.2) is 18.2 Å². The Labute approximate surface area is 99.6 Å². The van der Waals surface area contributed by atoms with Crippen molar-refractivity contribution in [2.45, 2.75) is 12.8 Å². The highest BCUT2D eigenvalue weighted by Crippen LogP contribution is 2.38. The summed E-state index contributed by atoms with van der Waals surface area (Å²) in [5.74, 6) is -0.693. The van der Waals surface area contributed by atoms with E-state index in [-0.39, 0.29) is 17.0 Å². The topological polar surface area (TPSA) is 15.3 Å². The zero-order valence-electron chi connectivity index (χ0n) is 9.68. The predicted octanol–water partition coefficient (Wildman–Crippen LogP) is 2.15. The summed E-state index contributed by atoms with van der Waals surface area (Å²) in [5, 5.41) is 3.36. The van der Waals surface area contributed by atoms with Crippen LogP contribution in [0.4, 0.5) is 14.5 Å². The first-order chi connectivity index (χ1) is 8.19. The molecule has 17 heavy (non-hydrogen) atoms. The molecule has 1 atom stereocenters. The number of benzene rings is 1. The minimum atomic E-state index is -0.369. The van der Waals surface area contributed by atoms with E-state index in [1.165, 1.54) is 18.2 Å². The molecule has 2 nitrogen and oxygen atoms in total. The highest BCUT2D eigenvalue weighted by atomic mass is 19.1. The van der Waals surface area contributed by atoms with Crippen molar-refractivity contribution in [3.8, 4) is 0 Å². The second-order valence-corrected chi connectivity index (χ2v) is 5.19. The molecule has 2 aliphatic rings. The van der Waals surface area contributed by atoms with Crippen molar-refractivity contribution in [2.75, 3.05) is 31.1 Å². The molecular formula is C13H16F2N2. The van der Waals surface area contributed by atoms with E-state index in [0.717, 1.165) is 39.0 Å². The maximum atomic E-state index is 13.7. The Balaban J connectivity index is 1.84. The van der Waals surface area contributed by atoms with Gasteiger partial charge in [-0.2, -0.15) is 0 Å². The zero-order chi connectivity index (χ0) is 11.9. The van der Waals surface area contributed by atoms with Gasteiger partial charge in [-0.1, -0.05) is 0 Å². The second-order valence-electron chi connectivity index (χ2n) is 5.19. The van der Waals surface area contributed by atoms with Gasteiger partial charge in [-0.3, -0.25) is 0 Å². The number of hydrogen-bond acceptors (Lipinski definition) is 2. The molecule has 0 aliphatic carbocycles. The molecule has 2 saturated heterocycles. The summed E-state index contributed by atoms with van der Waals surface area (Å²) >= 11 is 0. The van der Waals surface area contributed by atoms with Crippen molar-refractivity contribution in [2.24, 2.45) is 5.41 Å². The van der Waals surface area contributed by atoms with Gasteiger partial charge in [0.2, 0.25) is 0 Å². The standard InChI is InChI=1S/C13H16F2N2/c14-10-1-2-11(15)12(7-10)17-6-4-13(9-17)3-5-16-8-13/h1-2,7,16H,3-6,8-9H2. The van der Waals surface area contributed by atoms with Crippen LogP contribution in [0.5, 0.6) is 0 Å².